The van der Waals surface area contributed by atoms with Crippen LogP contribution in [0.2, 0.25) is 0 Å². The van der Waals surface area contributed by atoms with Gasteiger partial charge in [-0.05, 0) is 38.2 Å². The van der Waals surface area contributed by atoms with Gasteiger partial charge in [0.1, 0.15) is 0 Å². The minimum absolute atomic E-state index is 0.557. The zero-order valence-corrected chi connectivity index (χ0v) is 12.7. The molecular formula is C16H27N3. The van der Waals surface area contributed by atoms with Crippen LogP contribution in [0.4, 0.5) is 5.69 Å². The first-order valence-corrected chi connectivity index (χ1v) is 7.47. The fourth-order valence-electron chi connectivity index (χ4n) is 2.52. The average Bonchev–Trinajstić information content (AvgIpc) is 3.19. The van der Waals surface area contributed by atoms with Crippen molar-refractivity contribution in [3.8, 4) is 0 Å². The Morgan fingerprint density at radius 1 is 1.37 bits per heavy atom. The first-order chi connectivity index (χ1) is 9.08. The van der Waals surface area contributed by atoms with Crippen LogP contribution >= 0.6 is 0 Å². The minimum Gasteiger partial charge on any atom is -0.372 e. The summed E-state index contributed by atoms with van der Waals surface area (Å²) in [5.41, 5.74) is 2.63. The molecule has 3 heteroatoms. The molecule has 3 nitrogen and oxygen atoms in total. The first-order valence-electron chi connectivity index (χ1n) is 7.47. The highest BCUT2D eigenvalue weighted by Gasteiger charge is 2.21. The normalized spacial score (nSPS) is 16.7. The van der Waals surface area contributed by atoms with E-state index >= 15 is 0 Å². The molecule has 1 unspecified atom stereocenters. The maximum absolute atomic E-state index is 4.28. The van der Waals surface area contributed by atoms with Gasteiger partial charge in [0.2, 0.25) is 0 Å². The van der Waals surface area contributed by atoms with Gasteiger partial charge in [0.15, 0.2) is 0 Å². The van der Waals surface area contributed by atoms with Gasteiger partial charge in [-0.2, -0.15) is 0 Å². The number of nitrogens with one attached hydrogen (secondary N) is 1. The lowest BCUT2D eigenvalue weighted by Crippen LogP contribution is -2.31. The second-order valence-electron chi connectivity index (χ2n) is 6.25. The van der Waals surface area contributed by atoms with Gasteiger partial charge in [-0.3, -0.25) is 4.98 Å². The van der Waals surface area contributed by atoms with Crippen molar-refractivity contribution in [2.75, 3.05) is 11.9 Å². The smallest absolute Gasteiger partial charge is 0.0442 e. The molecular weight excluding hydrogens is 234 g/mol. The number of nitrogens with zero attached hydrogens (tertiary/aromatic N) is 2. The molecule has 1 fully saturated rings. The maximum atomic E-state index is 4.28. The highest BCUT2D eigenvalue weighted by atomic mass is 15.1. The van der Waals surface area contributed by atoms with Crippen LogP contribution in [0.25, 0.3) is 0 Å². The molecule has 2 rings (SSSR count). The summed E-state index contributed by atoms with van der Waals surface area (Å²) >= 11 is 0. The zero-order valence-electron chi connectivity index (χ0n) is 12.7. The summed E-state index contributed by atoms with van der Waals surface area (Å²) in [6.07, 6.45) is 7.77. The molecule has 0 aliphatic heterocycles. The number of pyridine rings is 1. The molecule has 1 aliphatic carbocycles. The van der Waals surface area contributed by atoms with E-state index in [2.05, 4.69) is 49.1 Å². The third kappa shape index (κ3) is 4.20. The molecule has 0 amide bonds. The van der Waals surface area contributed by atoms with Gasteiger partial charge >= 0.3 is 0 Å². The van der Waals surface area contributed by atoms with Gasteiger partial charge in [-0.15, -0.1) is 0 Å². The monoisotopic (exact) mass is 261 g/mol. The summed E-state index contributed by atoms with van der Waals surface area (Å²) in [6, 6.07) is 3.44. The van der Waals surface area contributed by atoms with Crippen LogP contribution in [0, 0.1) is 5.92 Å². The number of hydrogen-bond acceptors (Lipinski definition) is 3. The van der Waals surface area contributed by atoms with Gasteiger partial charge in [0.05, 0.1) is 0 Å². The van der Waals surface area contributed by atoms with Crippen LogP contribution in [0.5, 0.6) is 0 Å². The van der Waals surface area contributed by atoms with Gasteiger partial charge in [-0.25, -0.2) is 0 Å². The third-order valence-electron chi connectivity index (χ3n) is 3.89. The van der Waals surface area contributed by atoms with Crippen LogP contribution < -0.4 is 10.2 Å². The van der Waals surface area contributed by atoms with Crippen molar-refractivity contribution in [3.63, 3.8) is 0 Å². The van der Waals surface area contributed by atoms with Crippen LogP contribution in [0.1, 0.15) is 45.6 Å². The fraction of sp³-hybridized carbons (Fsp3) is 0.688. The van der Waals surface area contributed by atoms with Gasteiger partial charge in [0, 0.05) is 49.3 Å². The number of hydrogen-bond donors (Lipinski definition) is 1. The van der Waals surface area contributed by atoms with Gasteiger partial charge in [-0.1, -0.05) is 13.8 Å². The molecule has 1 aromatic heterocycles. The van der Waals surface area contributed by atoms with Crippen LogP contribution in [-0.2, 0) is 6.54 Å². The fourth-order valence-corrected chi connectivity index (χ4v) is 2.52. The predicted molar refractivity (Wildman–Crippen MR) is 81.4 cm³/mol. The van der Waals surface area contributed by atoms with Crippen LogP contribution in [0.3, 0.4) is 0 Å². The van der Waals surface area contributed by atoms with Gasteiger partial charge in [0.25, 0.3) is 0 Å². The molecule has 0 aromatic carbocycles. The number of rotatable bonds is 7. The van der Waals surface area contributed by atoms with E-state index in [1.165, 1.54) is 30.5 Å². The van der Waals surface area contributed by atoms with Crippen molar-refractivity contribution in [3.05, 3.63) is 24.0 Å². The molecule has 1 aliphatic rings. The molecule has 0 saturated heterocycles. The molecule has 0 radical (unpaired) electrons. The van der Waals surface area contributed by atoms with Crippen LogP contribution in [0.15, 0.2) is 18.5 Å². The Bertz CT molecular complexity index is 399. The molecule has 1 heterocycles. The Hall–Kier alpha value is -1.09. The van der Waals surface area contributed by atoms with Crippen molar-refractivity contribution in [1.82, 2.24) is 10.3 Å². The van der Waals surface area contributed by atoms with Gasteiger partial charge < -0.3 is 10.2 Å². The Kier molecular flexibility index (Phi) is 4.81. The number of aromatic nitrogens is 1. The standard InChI is InChI=1S/C16H27N3/c1-12(2)9-13(3)19(4)16-7-8-17-10-14(16)11-18-15-5-6-15/h7-8,10,12-13,15,18H,5-6,9,11H2,1-4H3. The van der Waals surface area contributed by atoms with Crippen molar-refractivity contribution in [2.24, 2.45) is 5.92 Å². The van der Waals surface area contributed by atoms with E-state index in [9.17, 15) is 0 Å². The molecule has 19 heavy (non-hydrogen) atoms. The number of anilines is 1. The second kappa shape index (κ2) is 6.38. The Balaban J connectivity index is 2.03. The predicted octanol–water partition coefficient (Wildman–Crippen LogP) is 3.20. The maximum Gasteiger partial charge on any atom is 0.0442 e. The quantitative estimate of drug-likeness (QED) is 0.817. The first kappa shape index (κ1) is 14.3. The lowest BCUT2D eigenvalue weighted by atomic mass is 10.0. The van der Waals surface area contributed by atoms with E-state index in [1.807, 2.05) is 12.4 Å². The topological polar surface area (TPSA) is 28.2 Å². The molecule has 1 saturated carbocycles. The Morgan fingerprint density at radius 2 is 2.11 bits per heavy atom. The van der Waals surface area contributed by atoms with E-state index in [4.69, 9.17) is 0 Å². The summed E-state index contributed by atoms with van der Waals surface area (Å²) < 4.78 is 0. The van der Waals surface area contributed by atoms with Crippen molar-refractivity contribution in [2.45, 2.75) is 58.7 Å². The average molecular weight is 261 g/mol. The molecule has 0 spiro atoms. The van der Waals surface area contributed by atoms with Crippen molar-refractivity contribution < 1.29 is 0 Å². The van der Waals surface area contributed by atoms with E-state index in [-0.39, 0.29) is 0 Å². The summed E-state index contributed by atoms with van der Waals surface area (Å²) in [4.78, 5) is 6.67. The largest absolute Gasteiger partial charge is 0.372 e. The molecule has 1 atom stereocenters. The summed E-state index contributed by atoms with van der Waals surface area (Å²) in [6.45, 7) is 7.81. The van der Waals surface area contributed by atoms with E-state index < -0.39 is 0 Å². The second-order valence-corrected chi connectivity index (χ2v) is 6.25. The lowest BCUT2D eigenvalue weighted by molar-refractivity contribution is 0.503. The summed E-state index contributed by atoms with van der Waals surface area (Å²) in [5.74, 6) is 0.729. The lowest BCUT2D eigenvalue weighted by Gasteiger charge is -2.30. The molecule has 106 valence electrons. The van der Waals surface area contributed by atoms with E-state index in [0.29, 0.717) is 6.04 Å². The highest BCUT2D eigenvalue weighted by Crippen LogP contribution is 2.24. The zero-order chi connectivity index (χ0) is 13.8. The van der Waals surface area contributed by atoms with Crippen LogP contribution in [-0.4, -0.2) is 24.1 Å². The van der Waals surface area contributed by atoms with E-state index in [1.54, 1.807) is 0 Å². The molecule has 1 aromatic rings. The third-order valence-corrected chi connectivity index (χ3v) is 3.89. The Morgan fingerprint density at radius 3 is 2.74 bits per heavy atom. The Labute approximate surface area is 117 Å². The SMILES string of the molecule is CC(C)CC(C)N(C)c1ccncc1CNC1CC1. The minimum atomic E-state index is 0.557. The van der Waals surface area contributed by atoms with Crippen molar-refractivity contribution in [1.29, 1.82) is 0 Å². The highest BCUT2D eigenvalue weighted by molar-refractivity contribution is 5.52. The summed E-state index contributed by atoms with van der Waals surface area (Å²) in [5, 5.41) is 3.58. The molecule has 0 bridgehead atoms. The van der Waals surface area contributed by atoms with E-state index in [0.717, 1.165) is 18.5 Å². The molecule has 1 N–H and O–H groups in total. The van der Waals surface area contributed by atoms with Crippen molar-refractivity contribution >= 4 is 5.69 Å². The summed E-state index contributed by atoms with van der Waals surface area (Å²) in [7, 11) is 2.20.